The van der Waals surface area contributed by atoms with Crippen LogP contribution in [0, 0.1) is 5.92 Å². The van der Waals surface area contributed by atoms with Crippen molar-refractivity contribution in [3.05, 3.63) is 70.2 Å². The van der Waals surface area contributed by atoms with Crippen molar-refractivity contribution in [2.24, 2.45) is 5.92 Å². The van der Waals surface area contributed by atoms with E-state index >= 15 is 0 Å². The molecule has 2 atom stereocenters. The van der Waals surface area contributed by atoms with E-state index in [0.29, 0.717) is 5.56 Å². The molecule has 0 bridgehead atoms. The normalized spacial score (nSPS) is 13.1. The van der Waals surface area contributed by atoms with Crippen molar-refractivity contribution >= 4 is 27.8 Å². The van der Waals surface area contributed by atoms with Gasteiger partial charge in [-0.3, -0.25) is 4.79 Å². The first kappa shape index (κ1) is 21.1. The van der Waals surface area contributed by atoms with Gasteiger partial charge in [0.15, 0.2) is 6.10 Å². The van der Waals surface area contributed by atoms with Crippen molar-refractivity contribution in [1.82, 2.24) is 5.32 Å². The number of hydrogen-bond donors (Lipinski definition) is 1. The van der Waals surface area contributed by atoms with E-state index in [1.165, 1.54) is 7.11 Å². The highest BCUT2D eigenvalue weighted by atomic mass is 79.9. The van der Waals surface area contributed by atoms with Crippen LogP contribution in [-0.2, 0) is 20.7 Å². The van der Waals surface area contributed by atoms with Crippen molar-refractivity contribution < 1.29 is 19.1 Å². The third-order valence-electron chi connectivity index (χ3n) is 4.03. The Labute approximate surface area is 168 Å². The van der Waals surface area contributed by atoms with Crippen LogP contribution in [0.4, 0.5) is 0 Å². The van der Waals surface area contributed by atoms with Gasteiger partial charge in [0.2, 0.25) is 0 Å². The van der Waals surface area contributed by atoms with Crippen LogP contribution in [0.25, 0.3) is 0 Å². The molecule has 6 heteroatoms. The Morgan fingerprint density at radius 2 is 1.67 bits per heavy atom. The Hall–Kier alpha value is -2.18. The van der Waals surface area contributed by atoms with Gasteiger partial charge in [0, 0.05) is 18.0 Å². The van der Waals surface area contributed by atoms with Crippen LogP contribution in [0.3, 0.4) is 0 Å². The molecule has 0 fully saturated rings. The minimum atomic E-state index is -0.958. The molecule has 2 aromatic carbocycles. The molecule has 27 heavy (non-hydrogen) atoms. The minimum Gasteiger partial charge on any atom is -0.448 e. The summed E-state index contributed by atoms with van der Waals surface area (Å²) in [5, 5.41) is 2.81. The fourth-order valence-corrected chi connectivity index (χ4v) is 2.79. The summed E-state index contributed by atoms with van der Waals surface area (Å²) in [5.41, 5.74) is 1.29. The maximum Gasteiger partial charge on any atom is 0.338 e. The van der Waals surface area contributed by atoms with Crippen LogP contribution >= 0.6 is 15.9 Å². The number of halogens is 1. The molecule has 0 saturated carbocycles. The third-order valence-corrected chi connectivity index (χ3v) is 4.56. The number of methoxy groups -OCH3 is 1. The molecule has 0 aliphatic carbocycles. The average Bonchev–Trinajstić information content (AvgIpc) is 2.66. The zero-order chi connectivity index (χ0) is 19.8. The maximum atomic E-state index is 12.8. The quantitative estimate of drug-likeness (QED) is 0.505. The number of rotatable bonds is 8. The van der Waals surface area contributed by atoms with Gasteiger partial charge in [-0.15, -0.1) is 0 Å². The fraction of sp³-hybridized carbons (Fsp3) is 0.333. The number of ether oxygens (including phenoxy) is 2. The summed E-state index contributed by atoms with van der Waals surface area (Å²) >= 11 is 3.33. The highest BCUT2D eigenvalue weighted by Gasteiger charge is 2.27. The lowest BCUT2D eigenvalue weighted by Crippen LogP contribution is -2.47. The summed E-state index contributed by atoms with van der Waals surface area (Å²) in [7, 11) is 1.53. The maximum absolute atomic E-state index is 12.8. The van der Waals surface area contributed by atoms with Crippen molar-refractivity contribution in [3.8, 4) is 0 Å². The molecular formula is C21H24BrNO4. The molecule has 1 amide bonds. The highest BCUT2D eigenvalue weighted by Crippen LogP contribution is 2.14. The molecule has 2 aromatic rings. The predicted octanol–water partition coefficient (Wildman–Crippen LogP) is 3.96. The predicted molar refractivity (Wildman–Crippen MR) is 107 cm³/mol. The van der Waals surface area contributed by atoms with E-state index in [9.17, 15) is 9.59 Å². The van der Waals surface area contributed by atoms with Gasteiger partial charge >= 0.3 is 5.97 Å². The largest absolute Gasteiger partial charge is 0.448 e. The van der Waals surface area contributed by atoms with Crippen LogP contribution in [-0.4, -0.2) is 31.3 Å². The van der Waals surface area contributed by atoms with Gasteiger partial charge in [0.05, 0.1) is 5.56 Å². The summed E-state index contributed by atoms with van der Waals surface area (Å²) in [6, 6.07) is 16.2. The second-order valence-corrected chi connectivity index (χ2v) is 7.42. The summed E-state index contributed by atoms with van der Waals surface area (Å²) in [4.78, 5) is 25.3. The smallest absolute Gasteiger partial charge is 0.338 e. The molecule has 0 aromatic heterocycles. The molecule has 2 rings (SSSR count). The molecule has 144 valence electrons. The first-order valence-corrected chi connectivity index (χ1v) is 9.53. The lowest BCUT2D eigenvalue weighted by molar-refractivity contribution is -0.134. The van der Waals surface area contributed by atoms with Gasteiger partial charge in [-0.1, -0.05) is 60.1 Å². The number of amides is 1. The van der Waals surface area contributed by atoms with E-state index in [-0.39, 0.29) is 18.2 Å². The van der Waals surface area contributed by atoms with Crippen molar-refractivity contribution in [2.75, 3.05) is 7.11 Å². The van der Waals surface area contributed by atoms with Crippen LogP contribution < -0.4 is 5.32 Å². The third kappa shape index (κ3) is 6.48. The number of hydrogen-bond acceptors (Lipinski definition) is 4. The lowest BCUT2D eigenvalue weighted by atomic mass is 10.1. The number of carbonyl (C=O) groups excluding carboxylic acids is 2. The van der Waals surface area contributed by atoms with Gasteiger partial charge in [0.25, 0.3) is 5.91 Å². The molecule has 1 N–H and O–H groups in total. The molecule has 0 spiro atoms. The van der Waals surface area contributed by atoms with Gasteiger partial charge in [-0.2, -0.15) is 0 Å². The number of nitrogens with one attached hydrogen (secondary N) is 1. The molecule has 0 saturated heterocycles. The SMILES string of the molecule is CO[C@@H](NC(=O)[C@H](Cc1ccccc1)OC(=O)c1ccc(Br)cc1)C(C)C. The number of carbonyl (C=O) groups is 2. The molecule has 0 radical (unpaired) electrons. The zero-order valence-electron chi connectivity index (χ0n) is 15.6. The van der Waals surface area contributed by atoms with Gasteiger partial charge in [0.1, 0.15) is 6.23 Å². The molecule has 0 heterocycles. The molecule has 5 nitrogen and oxygen atoms in total. The Kier molecular flexibility index (Phi) is 8.00. The Morgan fingerprint density at radius 1 is 1.04 bits per heavy atom. The van der Waals surface area contributed by atoms with Crippen LogP contribution in [0.1, 0.15) is 29.8 Å². The van der Waals surface area contributed by atoms with Crippen LogP contribution in [0.2, 0.25) is 0 Å². The lowest BCUT2D eigenvalue weighted by Gasteiger charge is -2.24. The first-order chi connectivity index (χ1) is 12.9. The van der Waals surface area contributed by atoms with E-state index in [0.717, 1.165) is 10.0 Å². The Balaban J connectivity index is 2.16. The topological polar surface area (TPSA) is 64.6 Å². The second kappa shape index (κ2) is 10.2. The van der Waals surface area contributed by atoms with Gasteiger partial charge in [-0.05, 0) is 35.7 Å². The Bertz CT molecular complexity index is 747. The summed E-state index contributed by atoms with van der Waals surface area (Å²) in [6.45, 7) is 3.88. The number of benzene rings is 2. The first-order valence-electron chi connectivity index (χ1n) is 8.74. The van der Waals surface area contributed by atoms with Crippen molar-refractivity contribution in [3.63, 3.8) is 0 Å². The van der Waals surface area contributed by atoms with E-state index in [1.807, 2.05) is 44.2 Å². The van der Waals surface area contributed by atoms with Crippen molar-refractivity contribution in [1.29, 1.82) is 0 Å². The average molecular weight is 434 g/mol. The summed E-state index contributed by atoms with van der Waals surface area (Å²) in [5.74, 6) is -0.847. The second-order valence-electron chi connectivity index (χ2n) is 6.50. The molecule has 0 unspecified atom stereocenters. The summed E-state index contributed by atoms with van der Waals surface area (Å²) in [6.07, 6.45) is -1.13. The zero-order valence-corrected chi connectivity index (χ0v) is 17.2. The van der Waals surface area contributed by atoms with E-state index in [2.05, 4.69) is 21.2 Å². The monoisotopic (exact) mass is 433 g/mol. The minimum absolute atomic E-state index is 0.0819. The van der Waals surface area contributed by atoms with Crippen molar-refractivity contribution in [2.45, 2.75) is 32.6 Å². The van der Waals surface area contributed by atoms with Gasteiger partial charge in [-0.25, -0.2) is 4.79 Å². The Morgan fingerprint density at radius 3 is 2.22 bits per heavy atom. The highest BCUT2D eigenvalue weighted by molar-refractivity contribution is 9.10. The molecule has 0 aliphatic rings. The van der Waals surface area contributed by atoms with E-state index < -0.39 is 18.3 Å². The van der Waals surface area contributed by atoms with Crippen LogP contribution in [0.5, 0.6) is 0 Å². The standard InChI is InChI=1S/C21H24BrNO4/c1-14(2)20(26-3)23-19(24)18(13-15-7-5-4-6-8-15)27-21(25)16-9-11-17(22)12-10-16/h4-12,14,18,20H,13H2,1-3H3,(H,23,24)/t18-,20+/m0/s1. The van der Waals surface area contributed by atoms with E-state index in [1.54, 1.807) is 24.3 Å². The van der Waals surface area contributed by atoms with Crippen LogP contribution in [0.15, 0.2) is 59.1 Å². The fourth-order valence-electron chi connectivity index (χ4n) is 2.53. The number of esters is 1. The van der Waals surface area contributed by atoms with E-state index in [4.69, 9.17) is 9.47 Å². The van der Waals surface area contributed by atoms with Gasteiger partial charge < -0.3 is 14.8 Å². The molecular weight excluding hydrogens is 410 g/mol. The summed E-state index contributed by atoms with van der Waals surface area (Å²) < 4.78 is 11.7. The molecule has 0 aliphatic heterocycles.